The maximum Gasteiger partial charge on any atom is 0.295 e. The molecular formula is C28H24ClNO4. The van der Waals surface area contributed by atoms with Gasteiger partial charge in [0.2, 0.25) is 5.76 Å². The van der Waals surface area contributed by atoms with Crippen LogP contribution < -0.4 is 15.1 Å². The van der Waals surface area contributed by atoms with E-state index in [1.165, 1.54) is 0 Å². The Morgan fingerprint density at radius 3 is 2.47 bits per heavy atom. The number of anilines is 1. The van der Waals surface area contributed by atoms with Crippen LogP contribution in [0.1, 0.15) is 52.2 Å². The Labute approximate surface area is 202 Å². The highest BCUT2D eigenvalue weighted by Crippen LogP contribution is 2.42. The molecule has 5 rings (SSSR count). The van der Waals surface area contributed by atoms with Gasteiger partial charge >= 0.3 is 0 Å². The Morgan fingerprint density at radius 1 is 1.00 bits per heavy atom. The summed E-state index contributed by atoms with van der Waals surface area (Å²) in [6, 6.07) is 17.7. The molecule has 1 unspecified atom stereocenters. The molecule has 1 atom stereocenters. The molecule has 0 saturated carbocycles. The minimum atomic E-state index is -0.650. The van der Waals surface area contributed by atoms with Crippen LogP contribution >= 0.6 is 11.6 Å². The summed E-state index contributed by atoms with van der Waals surface area (Å²) in [5.41, 5.74) is 3.76. The first kappa shape index (κ1) is 22.2. The van der Waals surface area contributed by atoms with E-state index in [-0.39, 0.29) is 17.1 Å². The molecule has 5 nitrogen and oxygen atoms in total. The highest BCUT2D eigenvalue weighted by molar-refractivity contribution is 6.31. The maximum absolute atomic E-state index is 13.7. The molecule has 172 valence electrons. The quantitative estimate of drug-likeness (QED) is 0.327. The second-order valence-corrected chi connectivity index (χ2v) is 9.01. The lowest BCUT2D eigenvalue weighted by molar-refractivity contribution is 0.0971. The average molecular weight is 474 g/mol. The predicted octanol–water partition coefficient (Wildman–Crippen LogP) is 6.60. The lowest BCUT2D eigenvalue weighted by atomic mass is 9.97. The van der Waals surface area contributed by atoms with E-state index in [9.17, 15) is 9.59 Å². The molecule has 3 aromatic carbocycles. The van der Waals surface area contributed by atoms with Crippen LogP contribution in [0, 0.1) is 13.8 Å². The topological polar surface area (TPSA) is 59.8 Å². The number of halogens is 1. The normalized spacial score (nSPS) is 15.1. The minimum Gasteiger partial charge on any atom is -0.494 e. The van der Waals surface area contributed by atoms with Crippen molar-refractivity contribution in [1.29, 1.82) is 0 Å². The van der Waals surface area contributed by atoms with Crippen LogP contribution in [0.25, 0.3) is 11.0 Å². The van der Waals surface area contributed by atoms with Crippen LogP contribution in [-0.2, 0) is 0 Å². The molecule has 2 heterocycles. The van der Waals surface area contributed by atoms with Crippen molar-refractivity contribution in [3.8, 4) is 5.75 Å². The number of benzene rings is 3. The highest BCUT2D eigenvalue weighted by atomic mass is 35.5. The molecule has 1 amide bonds. The van der Waals surface area contributed by atoms with Gasteiger partial charge < -0.3 is 9.15 Å². The zero-order valence-electron chi connectivity index (χ0n) is 19.2. The van der Waals surface area contributed by atoms with Crippen molar-refractivity contribution in [2.24, 2.45) is 0 Å². The van der Waals surface area contributed by atoms with Crippen molar-refractivity contribution in [3.63, 3.8) is 0 Å². The zero-order chi connectivity index (χ0) is 24.0. The summed E-state index contributed by atoms with van der Waals surface area (Å²) in [6.45, 7) is 6.49. The number of ether oxygens (including phenoxy) is 1. The number of amides is 1. The van der Waals surface area contributed by atoms with Gasteiger partial charge in [-0.25, -0.2) is 0 Å². The summed E-state index contributed by atoms with van der Waals surface area (Å²) < 4.78 is 11.8. The zero-order valence-corrected chi connectivity index (χ0v) is 20.0. The van der Waals surface area contributed by atoms with Crippen LogP contribution in [0.15, 0.2) is 69.9 Å². The molecule has 0 aliphatic carbocycles. The van der Waals surface area contributed by atoms with E-state index in [0.717, 1.165) is 28.9 Å². The van der Waals surface area contributed by atoms with Gasteiger partial charge in [0.1, 0.15) is 11.3 Å². The molecule has 1 aliphatic rings. The second kappa shape index (κ2) is 8.65. The summed E-state index contributed by atoms with van der Waals surface area (Å²) in [5.74, 6) is 0.432. The summed E-state index contributed by atoms with van der Waals surface area (Å²) in [4.78, 5) is 29.0. The van der Waals surface area contributed by atoms with E-state index in [1.54, 1.807) is 23.1 Å². The fourth-order valence-corrected chi connectivity index (χ4v) is 4.54. The van der Waals surface area contributed by atoms with E-state index in [1.807, 2.05) is 63.2 Å². The van der Waals surface area contributed by atoms with E-state index >= 15 is 0 Å². The van der Waals surface area contributed by atoms with Crippen molar-refractivity contribution in [3.05, 3.63) is 104 Å². The molecule has 1 aliphatic heterocycles. The van der Waals surface area contributed by atoms with Gasteiger partial charge in [-0.15, -0.1) is 0 Å². The largest absolute Gasteiger partial charge is 0.494 e. The lowest BCUT2D eigenvalue weighted by Crippen LogP contribution is -2.29. The van der Waals surface area contributed by atoms with Crippen LogP contribution in [-0.4, -0.2) is 12.5 Å². The summed E-state index contributed by atoms with van der Waals surface area (Å²) >= 11 is 6.41. The average Bonchev–Trinajstić information content (AvgIpc) is 3.13. The molecule has 4 aromatic rings. The van der Waals surface area contributed by atoms with Gasteiger partial charge in [0.25, 0.3) is 5.91 Å². The maximum atomic E-state index is 13.7. The van der Waals surface area contributed by atoms with Crippen molar-refractivity contribution in [2.75, 3.05) is 11.5 Å². The summed E-state index contributed by atoms with van der Waals surface area (Å²) in [5, 5.41) is 1.01. The van der Waals surface area contributed by atoms with Crippen molar-refractivity contribution >= 4 is 34.2 Å². The third-order valence-corrected chi connectivity index (χ3v) is 6.54. The number of hydrogen-bond acceptors (Lipinski definition) is 4. The fourth-order valence-electron chi connectivity index (χ4n) is 4.37. The van der Waals surface area contributed by atoms with Crippen molar-refractivity contribution < 1.29 is 13.9 Å². The molecule has 0 bridgehead atoms. The molecule has 0 N–H and O–H groups in total. The SMILES string of the molecule is CCCOc1ccc(C2c3c(oc4ccc(C)cc4c3=O)C(=O)N2c2ccc(C)c(Cl)c2)cc1. The molecule has 34 heavy (non-hydrogen) atoms. The lowest BCUT2D eigenvalue weighted by Gasteiger charge is -2.26. The first-order valence-electron chi connectivity index (χ1n) is 11.3. The van der Waals surface area contributed by atoms with Gasteiger partial charge in [-0.3, -0.25) is 14.5 Å². The number of hydrogen-bond donors (Lipinski definition) is 0. The minimum absolute atomic E-state index is 0.0642. The molecule has 0 fully saturated rings. The number of rotatable bonds is 5. The van der Waals surface area contributed by atoms with Gasteiger partial charge in [0.15, 0.2) is 5.43 Å². The van der Waals surface area contributed by atoms with Gasteiger partial charge in [-0.1, -0.05) is 48.4 Å². The Hall–Kier alpha value is -3.57. The number of aryl methyl sites for hydroxylation is 2. The third-order valence-electron chi connectivity index (χ3n) is 6.13. The molecule has 0 radical (unpaired) electrons. The van der Waals surface area contributed by atoms with Gasteiger partial charge in [-0.05, 0) is 67.8 Å². The first-order chi connectivity index (χ1) is 16.4. The summed E-state index contributed by atoms with van der Waals surface area (Å²) in [6.07, 6.45) is 0.905. The monoisotopic (exact) mass is 473 g/mol. The van der Waals surface area contributed by atoms with Crippen LogP contribution in [0.2, 0.25) is 5.02 Å². The summed E-state index contributed by atoms with van der Waals surface area (Å²) in [7, 11) is 0. The van der Waals surface area contributed by atoms with E-state index in [0.29, 0.717) is 33.8 Å². The Morgan fingerprint density at radius 2 is 1.76 bits per heavy atom. The molecule has 0 spiro atoms. The first-order valence-corrected chi connectivity index (χ1v) is 11.7. The van der Waals surface area contributed by atoms with Gasteiger partial charge in [-0.2, -0.15) is 0 Å². The highest BCUT2D eigenvalue weighted by Gasteiger charge is 2.43. The molecular weight excluding hydrogens is 450 g/mol. The molecule has 6 heteroatoms. The second-order valence-electron chi connectivity index (χ2n) is 8.60. The van der Waals surface area contributed by atoms with Crippen molar-refractivity contribution in [2.45, 2.75) is 33.2 Å². The van der Waals surface area contributed by atoms with Crippen LogP contribution in [0.3, 0.4) is 0 Å². The Bertz CT molecular complexity index is 1470. The van der Waals surface area contributed by atoms with Gasteiger partial charge in [0, 0.05) is 10.7 Å². The Kier molecular flexibility index (Phi) is 5.66. The Balaban J connectivity index is 1.73. The molecule has 1 aromatic heterocycles. The number of nitrogens with zero attached hydrogens (tertiary/aromatic N) is 1. The van der Waals surface area contributed by atoms with E-state index in [4.69, 9.17) is 20.8 Å². The standard InChI is InChI=1S/C28H24ClNO4/c1-4-13-33-20-10-7-18(8-11-20)25-24-26(31)21-14-16(2)5-12-23(21)34-27(24)28(32)30(25)19-9-6-17(3)22(29)15-19/h5-12,14-15,25H,4,13H2,1-3H3. The van der Waals surface area contributed by atoms with E-state index in [2.05, 4.69) is 0 Å². The van der Waals surface area contributed by atoms with Crippen LogP contribution in [0.5, 0.6) is 5.75 Å². The third kappa shape index (κ3) is 3.66. The number of carbonyl (C=O) groups is 1. The number of carbonyl (C=O) groups excluding carboxylic acids is 1. The number of fused-ring (bicyclic) bond motifs is 2. The van der Waals surface area contributed by atoms with Crippen molar-refractivity contribution in [1.82, 2.24) is 0 Å². The molecule has 0 saturated heterocycles. The van der Waals surface area contributed by atoms with Crippen LogP contribution in [0.4, 0.5) is 5.69 Å². The smallest absolute Gasteiger partial charge is 0.295 e. The van der Waals surface area contributed by atoms with E-state index < -0.39 is 6.04 Å². The predicted molar refractivity (Wildman–Crippen MR) is 134 cm³/mol. The fraction of sp³-hybridized carbons (Fsp3) is 0.214. The van der Waals surface area contributed by atoms with Gasteiger partial charge in [0.05, 0.1) is 23.6 Å².